The van der Waals surface area contributed by atoms with Gasteiger partial charge in [-0.05, 0) is 18.8 Å². The summed E-state index contributed by atoms with van der Waals surface area (Å²) in [6, 6.07) is 0. The van der Waals surface area contributed by atoms with Crippen molar-refractivity contribution in [3.05, 3.63) is 12.0 Å². The highest BCUT2D eigenvalue weighted by atomic mass is 32.2. The van der Waals surface area contributed by atoms with Crippen LogP contribution in [0.5, 0.6) is 0 Å². The van der Waals surface area contributed by atoms with Crippen molar-refractivity contribution in [2.45, 2.75) is 50.5 Å². The van der Waals surface area contributed by atoms with Gasteiger partial charge in [-0.15, -0.1) is 0 Å². The number of aromatic nitrogens is 2. The second kappa shape index (κ2) is 5.84. The minimum absolute atomic E-state index is 0.176. The summed E-state index contributed by atoms with van der Waals surface area (Å²) in [5.74, 6) is 1.19. The highest BCUT2D eigenvalue weighted by Crippen LogP contribution is 2.23. The van der Waals surface area contributed by atoms with Crippen LogP contribution in [0, 0.1) is 5.92 Å². The average Bonchev–Trinajstić information content (AvgIpc) is 2.87. The van der Waals surface area contributed by atoms with E-state index in [-0.39, 0.29) is 5.03 Å². The Labute approximate surface area is 108 Å². The second-order valence-electron chi connectivity index (χ2n) is 4.90. The van der Waals surface area contributed by atoms with E-state index in [1.54, 1.807) is 0 Å². The van der Waals surface area contributed by atoms with Crippen molar-refractivity contribution >= 4 is 10.0 Å². The number of imidazole rings is 1. The molecule has 1 aromatic heterocycles. The highest BCUT2D eigenvalue weighted by Gasteiger charge is 2.20. The van der Waals surface area contributed by atoms with E-state index >= 15 is 0 Å². The molecule has 1 aromatic rings. The average molecular weight is 271 g/mol. The summed E-state index contributed by atoms with van der Waals surface area (Å²) in [5.41, 5.74) is 0. The lowest BCUT2D eigenvalue weighted by Crippen LogP contribution is -2.30. The number of sulfonamides is 1. The molecule has 2 rings (SSSR count). The van der Waals surface area contributed by atoms with E-state index in [1.165, 1.54) is 25.5 Å². The van der Waals surface area contributed by atoms with E-state index in [1.807, 2.05) is 6.92 Å². The van der Waals surface area contributed by atoms with E-state index in [0.717, 1.165) is 12.8 Å². The minimum atomic E-state index is -3.42. The van der Waals surface area contributed by atoms with Crippen LogP contribution in [-0.4, -0.2) is 24.9 Å². The Kier molecular flexibility index (Phi) is 4.40. The van der Waals surface area contributed by atoms with Gasteiger partial charge in [0.25, 0.3) is 10.0 Å². The third-order valence-electron chi connectivity index (χ3n) is 3.52. The zero-order valence-electron chi connectivity index (χ0n) is 10.8. The van der Waals surface area contributed by atoms with Crippen molar-refractivity contribution in [3.8, 4) is 0 Å². The predicted octanol–water partition coefficient (Wildman–Crippen LogP) is 1.83. The molecule has 0 aliphatic heterocycles. The lowest BCUT2D eigenvalue weighted by Gasteiger charge is -2.21. The molecule has 1 heterocycles. The van der Waals surface area contributed by atoms with Gasteiger partial charge >= 0.3 is 0 Å². The van der Waals surface area contributed by atoms with Gasteiger partial charge in [0.05, 0.1) is 6.20 Å². The van der Waals surface area contributed by atoms with Crippen molar-refractivity contribution in [3.63, 3.8) is 0 Å². The lowest BCUT2D eigenvalue weighted by atomic mass is 9.90. The number of hydrogen-bond donors (Lipinski definition) is 2. The molecule has 5 nitrogen and oxygen atoms in total. The third-order valence-corrected chi connectivity index (χ3v) is 4.85. The summed E-state index contributed by atoms with van der Waals surface area (Å²) in [4.78, 5) is 6.85. The topological polar surface area (TPSA) is 74.8 Å². The van der Waals surface area contributed by atoms with Crippen LogP contribution in [0.4, 0.5) is 0 Å². The summed E-state index contributed by atoms with van der Waals surface area (Å²) < 4.78 is 26.7. The number of hydrogen-bond acceptors (Lipinski definition) is 3. The van der Waals surface area contributed by atoms with Crippen LogP contribution in [-0.2, 0) is 16.4 Å². The standard InChI is InChI=1S/C12H21N3O2S/c1-2-11-13-9-12(15-11)18(16,17)14-8-10-6-4-3-5-7-10/h9-10,14H,2-8H2,1H3,(H,13,15). The number of aromatic amines is 1. The number of nitrogens with one attached hydrogen (secondary N) is 2. The SMILES string of the molecule is CCc1ncc(S(=O)(=O)NCC2CCCCC2)[nH]1. The first-order valence-electron chi connectivity index (χ1n) is 6.65. The van der Waals surface area contributed by atoms with Crippen molar-refractivity contribution < 1.29 is 8.42 Å². The van der Waals surface area contributed by atoms with Gasteiger partial charge in [0.1, 0.15) is 5.82 Å². The molecule has 0 aromatic carbocycles. The first-order valence-corrected chi connectivity index (χ1v) is 8.13. The van der Waals surface area contributed by atoms with Crippen molar-refractivity contribution in [2.75, 3.05) is 6.54 Å². The molecule has 2 N–H and O–H groups in total. The van der Waals surface area contributed by atoms with Crippen LogP contribution in [0.25, 0.3) is 0 Å². The quantitative estimate of drug-likeness (QED) is 0.858. The van der Waals surface area contributed by atoms with Crippen molar-refractivity contribution in [2.24, 2.45) is 5.92 Å². The molecule has 0 radical (unpaired) electrons. The molecule has 0 atom stereocenters. The summed E-state index contributed by atoms with van der Waals surface area (Å²) in [5, 5.41) is 0.176. The van der Waals surface area contributed by atoms with Crippen LogP contribution >= 0.6 is 0 Å². The molecule has 6 heteroatoms. The van der Waals surface area contributed by atoms with Gasteiger partial charge in [-0.2, -0.15) is 0 Å². The Balaban J connectivity index is 1.94. The van der Waals surface area contributed by atoms with Gasteiger partial charge in [0.2, 0.25) is 0 Å². The molecule has 0 unspecified atom stereocenters. The zero-order valence-corrected chi connectivity index (χ0v) is 11.6. The number of rotatable bonds is 5. The van der Waals surface area contributed by atoms with E-state index < -0.39 is 10.0 Å². The van der Waals surface area contributed by atoms with Crippen LogP contribution in [0.2, 0.25) is 0 Å². The second-order valence-corrected chi connectivity index (χ2v) is 6.64. The summed E-state index contributed by atoms with van der Waals surface area (Å²) in [6.45, 7) is 2.48. The van der Waals surface area contributed by atoms with E-state index in [0.29, 0.717) is 24.7 Å². The Bertz CT molecular complexity index is 475. The van der Waals surface area contributed by atoms with Gasteiger partial charge in [0, 0.05) is 13.0 Å². The normalized spacial score (nSPS) is 18.1. The Morgan fingerprint density at radius 1 is 1.39 bits per heavy atom. The molecule has 1 aliphatic carbocycles. The number of H-pyrrole nitrogens is 1. The van der Waals surface area contributed by atoms with Gasteiger partial charge in [-0.3, -0.25) is 0 Å². The fourth-order valence-electron chi connectivity index (χ4n) is 2.36. The maximum atomic E-state index is 12.0. The Morgan fingerprint density at radius 3 is 2.72 bits per heavy atom. The van der Waals surface area contributed by atoms with Crippen LogP contribution in [0.15, 0.2) is 11.2 Å². The monoisotopic (exact) mass is 271 g/mol. The Morgan fingerprint density at radius 2 is 2.11 bits per heavy atom. The molecule has 0 amide bonds. The molecule has 1 fully saturated rings. The third kappa shape index (κ3) is 3.32. The molecule has 1 saturated carbocycles. The molecule has 0 bridgehead atoms. The smallest absolute Gasteiger partial charge is 0.257 e. The van der Waals surface area contributed by atoms with E-state index in [9.17, 15) is 8.42 Å². The number of aryl methyl sites for hydroxylation is 1. The first-order chi connectivity index (χ1) is 8.62. The van der Waals surface area contributed by atoms with Gasteiger partial charge in [0.15, 0.2) is 5.03 Å². The van der Waals surface area contributed by atoms with Crippen LogP contribution in [0.3, 0.4) is 0 Å². The highest BCUT2D eigenvalue weighted by molar-refractivity contribution is 7.89. The molecule has 18 heavy (non-hydrogen) atoms. The lowest BCUT2D eigenvalue weighted by molar-refractivity contribution is 0.357. The molecule has 0 spiro atoms. The maximum absolute atomic E-state index is 12.0. The van der Waals surface area contributed by atoms with Crippen molar-refractivity contribution in [1.29, 1.82) is 0 Å². The van der Waals surface area contributed by atoms with Gasteiger partial charge in [-0.25, -0.2) is 18.1 Å². The zero-order chi connectivity index (χ0) is 13.0. The van der Waals surface area contributed by atoms with Crippen LogP contribution < -0.4 is 4.72 Å². The van der Waals surface area contributed by atoms with Crippen LogP contribution in [0.1, 0.15) is 44.9 Å². The summed E-state index contributed by atoms with van der Waals surface area (Å²) in [7, 11) is -3.42. The Hall–Kier alpha value is -0.880. The molecule has 1 aliphatic rings. The summed E-state index contributed by atoms with van der Waals surface area (Å²) >= 11 is 0. The molecule has 102 valence electrons. The number of nitrogens with zero attached hydrogens (tertiary/aromatic N) is 1. The maximum Gasteiger partial charge on any atom is 0.257 e. The molecule has 0 saturated heterocycles. The molecular weight excluding hydrogens is 250 g/mol. The van der Waals surface area contributed by atoms with E-state index in [4.69, 9.17) is 0 Å². The fraction of sp³-hybridized carbons (Fsp3) is 0.750. The largest absolute Gasteiger partial charge is 0.332 e. The van der Waals surface area contributed by atoms with Crippen molar-refractivity contribution in [1.82, 2.24) is 14.7 Å². The summed E-state index contributed by atoms with van der Waals surface area (Å²) in [6.07, 6.45) is 8.08. The van der Waals surface area contributed by atoms with Gasteiger partial charge in [-0.1, -0.05) is 26.2 Å². The minimum Gasteiger partial charge on any atom is -0.332 e. The fourth-order valence-corrected chi connectivity index (χ4v) is 3.41. The van der Waals surface area contributed by atoms with Gasteiger partial charge < -0.3 is 4.98 Å². The molecular formula is C12H21N3O2S. The predicted molar refractivity (Wildman–Crippen MR) is 69.7 cm³/mol. The van der Waals surface area contributed by atoms with E-state index in [2.05, 4.69) is 14.7 Å². The first kappa shape index (κ1) is 13.5.